The maximum Gasteiger partial charge on any atom is 0.249 e. The Kier molecular flexibility index (Phi) is 3.15. The smallest absolute Gasteiger partial charge is 0.249 e. The lowest BCUT2D eigenvalue weighted by Gasteiger charge is -2.11. The quantitative estimate of drug-likeness (QED) is 0.913. The van der Waals surface area contributed by atoms with Crippen molar-refractivity contribution in [3.05, 3.63) is 41.5 Å². The SMILES string of the molecule is CCOC(c1noc(C2Cc3ccccc3N2)n1)C1CC1. The van der Waals surface area contributed by atoms with Crippen LogP contribution in [-0.4, -0.2) is 16.7 Å². The van der Waals surface area contributed by atoms with Crippen LogP contribution in [0.15, 0.2) is 28.8 Å². The molecule has 0 bridgehead atoms. The normalized spacial score (nSPS) is 21.9. The summed E-state index contributed by atoms with van der Waals surface area (Å²) in [6, 6.07) is 8.38. The number of para-hydroxylation sites is 1. The highest BCUT2D eigenvalue weighted by Crippen LogP contribution is 2.43. The molecule has 2 aliphatic rings. The lowest BCUT2D eigenvalue weighted by atomic mass is 10.1. The van der Waals surface area contributed by atoms with Gasteiger partial charge >= 0.3 is 0 Å². The number of hydrogen-bond donors (Lipinski definition) is 1. The Morgan fingerprint density at radius 1 is 1.38 bits per heavy atom. The number of nitrogens with zero attached hydrogens (tertiary/aromatic N) is 2. The average molecular weight is 285 g/mol. The fourth-order valence-electron chi connectivity index (χ4n) is 2.95. The first-order chi connectivity index (χ1) is 10.3. The maximum absolute atomic E-state index is 5.78. The molecule has 1 fully saturated rings. The van der Waals surface area contributed by atoms with E-state index in [9.17, 15) is 0 Å². The molecule has 1 aliphatic heterocycles. The molecule has 5 heteroatoms. The Balaban J connectivity index is 1.53. The molecule has 0 saturated heterocycles. The van der Waals surface area contributed by atoms with Crippen LogP contribution in [0.25, 0.3) is 0 Å². The summed E-state index contributed by atoms with van der Waals surface area (Å²) >= 11 is 0. The van der Waals surface area contributed by atoms with Crippen molar-refractivity contribution in [3.63, 3.8) is 0 Å². The van der Waals surface area contributed by atoms with E-state index in [2.05, 4.69) is 33.7 Å². The van der Waals surface area contributed by atoms with Crippen LogP contribution < -0.4 is 5.32 Å². The summed E-state index contributed by atoms with van der Waals surface area (Å²) in [5.74, 6) is 1.92. The summed E-state index contributed by atoms with van der Waals surface area (Å²) in [5, 5.41) is 7.60. The van der Waals surface area contributed by atoms with Gasteiger partial charge in [-0.05, 0) is 37.3 Å². The first-order valence-electron chi connectivity index (χ1n) is 7.64. The van der Waals surface area contributed by atoms with Gasteiger partial charge in [0.2, 0.25) is 11.7 Å². The van der Waals surface area contributed by atoms with Gasteiger partial charge in [-0.25, -0.2) is 0 Å². The molecule has 2 heterocycles. The van der Waals surface area contributed by atoms with Crippen LogP contribution in [-0.2, 0) is 11.2 Å². The first-order valence-corrected chi connectivity index (χ1v) is 7.64. The molecule has 2 unspecified atom stereocenters. The second-order valence-electron chi connectivity index (χ2n) is 5.76. The van der Waals surface area contributed by atoms with E-state index in [1.54, 1.807) is 0 Å². The molecule has 0 spiro atoms. The van der Waals surface area contributed by atoms with Crippen LogP contribution in [0.4, 0.5) is 5.69 Å². The fraction of sp³-hybridized carbons (Fsp3) is 0.500. The van der Waals surface area contributed by atoms with Crippen molar-refractivity contribution in [1.29, 1.82) is 0 Å². The van der Waals surface area contributed by atoms with Crippen LogP contribution in [0, 0.1) is 5.92 Å². The average Bonchev–Trinajstić information content (AvgIpc) is 3.06. The van der Waals surface area contributed by atoms with E-state index in [1.165, 1.54) is 18.4 Å². The van der Waals surface area contributed by atoms with Gasteiger partial charge in [0.25, 0.3) is 0 Å². The van der Waals surface area contributed by atoms with Crippen molar-refractivity contribution in [1.82, 2.24) is 10.1 Å². The Labute approximate surface area is 123 Å². The predicted octanol–water partition coefficient (Wildman–Crippen LogP) is 3.27. The zero-order valence-corrected chi connectivity index (χ0v) is 12.1. The molecule has 1 aliphatic carbocycles. The molecule has 1 aromatic carbocycles. The number of rotatable bonds is 5. The van der Waals surface area contributed by atoms with Crippen LogP contribution >= 0.6 is 0 Å². The molecule has 5 nitrogen and oxygen atoms in total. The second kappa shape index (κ2) is 5.15. The number of ether oxygens (including phenoxy) is 1. The number of nitrogens with one attached hydrogen (secondary N) is 1. The molecule has 1 saturated carbocycles. The summed E-state index contributed by atoms with van der Waals surface area (Å²) < 4.78 is 11.3. The predicted molar refractivity (Wildman–Crippen MR) is 77.9 cm³/mol. The summed E-state index contributed by atoms with van der Waals surface area (Å²) in [7, 11) is 0. The van der Waals surface area contributed by atoms with Crippen molar-refractivity contribution in [2.75, 3.05) is 11.9 Å². The molecule has 2 atom stereocenters. The lowest BCUT2D eigenvalue weighted by Crippen LogP contribution is -2.10. The van der Waals surface area contributed by atoms with E-state index in [0.29, 0.717) is 24.2 Å². The zero-order chi connectivity index (χ0) is 14.2. The third-order valence-corrected chi connectivity index (χ3v) is 4.18. The molecule has 2 aromatic rings. The highest BCUT2D eigenvalue weighted by atomic mass is 16.5. The van der Waals surface area contributed by atoms with Crippen molar-refractivity contribution in [2.24, 2.45) is 5.92 Å². The standard InChI is InChI=1S/C16H19N3O2/c1-2-20-14(10-7-8-10)15-18-16(21-19-15)13-9-11-5-3-4-6-12(11)17-13/h3-6,10,13-14,17H,2,7-9H2,1H3. The van der Waals surface area contributed by atoms with Crippen LogP contribution in [0.5, 0.6) is 0 Å². The number of hydrogen-bond acceptors (Lipinski definition) is 5. The van der Waals surface area contributed by atoms with Gasteiger partial charge in [0.15, 0.2) is 0 Å². The Morgan fingerprint density at radius 3 is 3.00 bits per heavy atom. The zero-order valence-electron chi connectivity index (χ0n) is 12.1. The lowest BCUT2D eigenvalue weighted by molar-refractivity contribution is 0.0384. The van der Waals surface area contributed by atoms with Gasteiger partial charge in [-0.3, -0.25) is 0 Å². The molecular formula is C16H19N3O2. The minimum absolute atomic E-state index is 0.00345. The molecule has 1 N–H and O–H groups in total. The van der Waals surface area contributed by atoms with E-state index in [0.717, 1.165) is 12.1 Å². The van der Waals surface area contributed by atoms with Gasteiger partial charge < -0.3 is 14.6 Å². The van der Waals surface area contributed by atoms with E-state index in [4.69, 9.17) is 9.26 Å². The number of fused-ring (bicyclic) bond motifs is 1. The minimum atomic E-state index is -0.00345. The van der Waals surface area contributed by atoms with Crippen molar-refractivity contribution < 1.29 is 9.26 Å². The first kappa shape index (κ1) is 12.8. The van der Waals surface area contributed by atoms with Crippen molar-refractivity contribution in [3.8, 4) is 0 Å². The Bertz CT molecular complexity index is 611. The molecule has 1 aromatic heterocycles. The monoisotopic (exact) mass is 285 g/mol. The Morgan fingerprint density at radius 2 is 2.24 bits per heavy atom. The summed E-state index contributed by atoms with van der Waals surface area (Å²) in [5.41, 5.74) is 2.46. The van der Waals surface area contributed by atoms with Gasteiger partial charge in [-0.15, -0.1) is 0 Å². The molecular weight excluding hydrogens is 266 g/mol. The van der Waals surface area contributed by atoms with Crippen LogP contribution in [0.2, 0.25) is 0 Å². The fourth-order valence-corrected chi connectivity index (χ4v) is 2.95. The van der Waals surface area contributed by atoms with E-state index >= 15 is 0 Å². The van der Waals surface area contributed by atoms with Gasteiger partial charge in [0, 0.05) is 18.7 Å². The second-order valence-corrected chi connectivity index (χ2v) is 5.76. The molecule has 0 radical (unpaired) electrons. The van der Waals surface area contributed by atoms with Gasteiger partial charge in [0.05, 0.1) is 0 Å². The largest absolute Gasteiger partial charge is 0.373 e. The van der Waals surface area contributed by atoms with Crippen molar-refractivity contribution in [2.45, 2.75) is 38.3 Å². The van der Waals surface area contributed by atoms with Gasteiger partial charge in [0.1, 0.15) is 12.1 Å². The maximum atomic E-state index is 5.78. The van der Waals surface area contributed by atoms with Crippen molar-refractivity contribution >= 4 is 5.69 Å². The number of anilines is 1. The number of aromatic nitrogens is 2. The molecule has 0 amide bonds. The minimum Gasteiger partial charge on any atom is -0.373 e. The van der Waals surface area contributed by atoms with Gasteiger partial charge in [-0.1, -0.05) is 23.4 Å². The van der Waals surface area contributed by atoms with E-state index < -0.39 is 0 Å². The summed E-state index contributed by atoms with van der Waals surface area (Å²) in [6.45, 7) is 2.68. The molecule has 110 valence electrons. The topological polar surface area (TPSA) is 60.2 Å². The van der Waals surface area contributed by atoms with Gasteiger partial charge in [-0.2, -0.15) is 4.98 Å². The van der Waals surface area contributed by atoms with E-state index in [-0.39, 0.29) is 12.1 Å². The van der Waals surface area contributed by atoms with Crippen LogP contribution in [0.1, 0.15) is 49.2 Å². The Hall–Kier alpha value is -1.88. The third-order valence-electron chi connectivity index (χ3n) is 4.18. The highest BCUT2D eigenvalue weighted by Gasteiger charge is 2.37. The van der Waals surface area contributed by atoms with Crippen LogP contribution in [0.3, 0.4) is 0 Å². The van der Waals surface area contributed by atoms with E-state index in [1.807, 2.05) is 13.0 Å². The molecule has 21 heavy (non-hydrogen) atoms. The summed E-state index contributed by atoms with van der Waals surface area (Å²) in [6.07, 6.45) is 3.28. The number of benzene rings is 1. The molecule has 4 rings (SSSR count). The summed E-state index contributed by atoms with van der Waals surface area (Å²) in [4.78, 5) is 4.59. The highest BCUT2D eigenvalue weighted by molar-refractivity contribution is 5.56. The third kappa shape index (κ3) is 2.42.